The SMILES string of the molecule is CC(C)(O)C#Cc1ccc(CN2CCC[C@@H](CNC(=O)c3ccco3)C2)cc1. The predicted molar refractivity (Wildman–Crippen MR) is 109 cm³/mol. The molecule has 2 N–H and O–H groups in total. The number of nitrogens with zero attached hydrogens (tertiary/aromatic N) is 1. The zero-order chi connectivity index (χ0) is 20.0. The standard InChI is InChI=1S/C23H28N2O3/c1-23(2,27)12-11-18-7-9-19(10-8-18)16-25-13-3-5-20(17-25)15-24-22(26)21-6-4-14-28-21/h4,6-10,14,20,27H,3,5,13,15-17H2,1-2H3,(H,24,26)/t20-/m0/s1. The molecule has 1 aromatic carbocycles. The molecule has 28 heavy (non-hydrogen) atoms. The lowest BCUT2D eigenvalue weighted by molar-refractivity contribution is 0.0903. The van der Waals surface area contributed by atoms with E-state index in [1.165, 1.54) is 11.8 Å². The van der Waals surface area contributed by atoms with Gasteiger partial charge < -0.3 is 14.8 Å². The number of nitrogens with one attached hydrogen (secondary N) is 1. The van der Waals surface area contributed by atoms with Crippen molar-refractivity contribution in [3.63, 3.8) is 0 Å². The number of rotatable bonds is 5. The van der Waals surface area contributed by atoms with Crippen LogP contribution in [0.4, 0.5) is 0 Å². The van der Waals surface area contributed by atoms with Crippen molar-refractivity contribution in [2.24, 2.45) is 5.92 Å². The normalized spacial score (nSPS) is 17.6. The topological polar surface area (TPSA) is 65.7 Å². The molecule has 2 aromatic rings. The van der Waals surface area contributed by atoms with Crippen molar-refractivity contribution in [2.45, 2.75) is 38.8 Å². The lowest BCUT2D eigenvalue weighted by Gasteiger charge is -2.32. The van der Waals surface area contributed by atoms with Gasteiger partial charge in [0.25, 0.3) is 5.91 Å². The van der Waals surface area contributed by atoms with Gasteiger partial charge in [0.2, 0.25) is 0 Å². The molecule has 3 rings (SSSR count). The highest BCUT2D eigenvalue weighted by molar-refractivity contribution is 5.91. The Morgan fingerprint density at radius 1 is 1.32 bits per heavy atom. The van der Waals surface area contributed by atoms with E-state index in [9.17, 15) is 9.90 Å². The first-order valence-electron chi connectivity index (χ1n) is 9.77. The molecule has 0 spiro atoms. The van der Waals surface area contributed by atoms with Crippen molar-refractivity contribution in [3.05, 3.63) is 59.5 Å². The highest BCUT2D eigenvalue weighted by Crippen LogP contribution is 2.18. The number of benzene rings is 1. The molecular weight excluding hydrogens is 352 g/mol. The molecule has 1 atom stereocenters. The number of carbonyl (C=O) groups excluding carboxylic acids is 1. The summed E-state index contributed by atoms with van der Waals surface area (Å²) < 4.78 is 5.13. The summed E-state index contributed by atoms with van der Waals surface area (Å²) in [7, 11) is 0. The largest absolute Gasteiger partial charge is 0.459 e. The van der Waals surface area contributed by atoms with Crippen molar-refractivity contribution in [3.8, 4) is 11.8 Å². The van der Waals surface area contributed by atoms with E-state index in [0.717, 1.165) is 38.0 Å². The fourth-order valence-corrected chi connectivity index (χ4v) is 3.37. The van der Waals surface area contributed by atoms with Gasteiger partial charge in [0.15, 0.2) is 5.76 Å². The van der Waals surface area contributed by atoms with E-state index in [1.54, 1.807) is 26.0 Å². The van der Waals surface area contributed by atoms with E-state index in [1.807, 2.05) is 12.1 Å². The van der Waals surface area contributed by atoms with Gasteiger partial charge in [-0.1, -0.05) is 24.0 Å². The minimum atomic E-state index is -0.978. The van der Waals surface area contributed by atoms with Crippen LogP contribution in [0.1, 0.15) is 48.4 Å². The van der Waals surface area contributed by atoms with Crippen molar-refractivity contribution >= 4 is 5.91 Å². The third kappa shape index (κ3) is 6.26. The summed E-state index contributed by atoms with van der Waals surface area (Å²) in [5.74, 6) is 6.49. The van der Waals surface area contributed by atoms with Crippen LogP contribution in [0.5, 0.6) is 0 Å². The Kier molecular flexibility index (Phi) is 6.56. The molecule has 5 heteroatoms. The highest BCUT2D eigenvalue weighted by Gasteiger charge is 2.21. The van der Waals surface area contributed by atoms with Crippen LogP contribution in [0.3, 0.4) is 0 Å². The number of aliphatic hydroxyl groups is 1. The number of hydrogen-bond acceptors (Lipinski definition) is 4. The van der Waals surface area contributed by atoms with Crippen LogP contribution in [0.15, 0.2) is 47.1 Å². The van der Waals surface area contributed by atoms with Gasteiger partial charge in [0, 0.05) is 25.2 Å². The fourth-order valence-electron chi connectivity index (χ4n) is 3.37. The average molecular weight is 380 g/mol. The Bertz CT molecular complexity index is 823. The van der Waals surface area contributed by atoms with Crippen molar-refractivity contribution in [1.29, 1.82) is 0 Å². The van der Waals surface area contributed by atoms with Crippen LogP contribution >= 0.6 is 0 Å². The van der Waals surface area contributed by atoms with E-state index in [0.29, 0.717) is 18.2 Å². The second-order valence-electron chi connectivity index (χ2n) is 7.94. The van der Waals surface area contributed by atoms with Crippen molar-refractivity contribution < 1.29 is 14.3 Å². The number of piperidine rings is 1. The summed E-state index contributed by atoms with van der Waals surface area (Å²) in [5, 5.41) is 12.7. The van der Waals surface area contributed by atoms with Crippen LogP contribution in [-0.2, 0) is 6.54 Å². The molecule has 0 unspecified atom stereocenters. The Morgan fingerprint density at radius 2 is 2.11 bits per heavy atom. The zero-order valence-electron chi connectivity index (χ0n) is 16.6. The van der Waals surface area contributed by atoms with Crippen molar-refractivity contribution in [1.82, 2.24) is 10.2 Å². The number of carbonyl (C=O) groups is 1. The summed E-state index contributed by atoms with van der Waals surface area (Å²) in [6, 6.07) is 11.6. The average Bonchev–Trinajstić information content (AvgIpc) is 3.20. The zero-order valence-corrected chi connectivity index (χ0v) is 16.6. The minimum absolute atomic E-state index is 0.148. The maximum Gasteiger partial charge on any atom is 0.286 e. The van der Waals surface area contributed by atoms with Gasteiger partial charge >= 0.3 is 0 Å². The number of hydrogen-bond donors (Lipinski definition) is 2. The third-order valence-electron chi connectivity index (χ3n) is 4.77. The molecule has 148 valence electrons. The van der Waals surface area contributed by atoms with E-state index in [2.05, 4.69) is 34.2 Å². The van der Waals surface area contributed by atoms with Gasteiger partial charge in [-0.2, -0.15) is 0 Å². The summed E-state index contributed by atoms with van der Waals surface area (Å²) in [4.78, 5) is 14.5. The van der Waals surface area contributed by atoms with Gasteiger partial charge in [0.1, 0.15) is 5.60 Å². The number of furan rings is 1. The molecule has 0 saturated carbocycles. The quantitative estimate of drug-likeness (QED) is 0.783. The minimum Gasteiger partial charge on any atom is -0.459 e. The Balaban J connectivity index is 1.49. The molecule has 0 aliphatic carbocycles. The first kappa shape index (κ1) is 20.2. The molecule has 1 aromatic heterocycles. The van der Waals surface area contributed by atoms with Gasteiger partial charge in [-0.05, 0) is 69.0 Å². The monoisotopic (exact) mass is 380 g/mol. The maximum absolute atomic E-state index is 12.0. The number of amides is 1. The van der Waals surface area contributed by atoms with E-state index in [4.69, 9.17) is 4.42 Å². The second kappa shape index (κ2) is 9.09. The Morgan fingerprint density at radius 3 is 2.79 bits per heavy atom. The fraction of sp³-hybridized carbons (Fsp3) is 0.435. The highest BCUT2D eigenvalue weighted by atomic mass is 16.3. The summed E-state index contributed by atoms with van der Waals surface area (Å²) in [5.41, 5.74) is 1.17. The summed E-state index contributed by atoms with van der Waals surface area (Å²) >= 11 is 0. The first-order chi connectivity index (χ1) is 13.4. The lowest BCUT2D eigenvalue weighted by Crippen LogP contribution is -2.40. The van der Waals surface area contributed by atoms with Gasteiger partial charge in [-0.3, -0.25) is 9.69 Å². The van der Waals surface area contributed by atoms with Crippen molar-refractivity contribution in [2.75, 3.05) is 19.6 Å². The first-order valence-corrected chi connectivity index (χ1v) is 9.77. The van der Waals surface area contributed by atoms with Crippen LogP contribution in [-0.4, -0.2) is 41.1 Å². The summed E-state index contributed by atoms with van der Waals surface area (Å²) in [6.45, 7) is 6.96. The van der Waals surface area contributed by atoms with Crippen LogP contribution < -0.4 is 5.32 Å². The van der Waals surface area contributed by atoms with Crippen LogP contribution in [0.25, 0.3) is 0 Å². The van der Waals surface area contributed by atoms with E-state index in [-0.39, 0.29) is 5.91 Å². The molecule has 0 bridgehead atoms. The van der Waals surface area contributed by atoms with Crippen LogP contribution in [0, 0.1) is 17.8 Å². The van der Waals surface area contributed by atoms with Gasteiger partial charge in [0.05, 0.1) is 6.26 Å². The lowest BCUT2D eigenvalue weighted by atomic mass is 9.97. The van der Waals surface area contributed by atoms with E-state index < -0.39 is 5.60 Å². The molecule has 1 fully saturated rings. The summed E-state index contributed by atoms with van der Waals surface area (Å²) in [6.07, 6.45) is 3.77. The molecule has 2 heterocycles. The van der Waals surface area contributed by atoms with Gasteiger partial charge in [-0.25, -0.2) is 0 Å². The van der Waals surface area contributed by atoms with Gasteiger partial charge in [-0.15, -0.1) is 0 Å². The molecule has 1 saturated heterocycles. The second-order valence-corrected chi connectivity index (χ2v) is 7.94. The molecule has 0 radical (unpaired) electrons. The molecule has 1 amide bonds. The smallest absolute Gasteiger partial charge is 0.286 e. The van der Waals surface area contributed by atoms with E-state index >= 15 is 0 Å². The Labute approximate surface area is 166 Å². The predicted octanol–water partition coefficient (Wildman–Crippen LogP) is 3.04. The maximum atomic E-state index is 12.0. The molecule has 5 nitrogen and oxygen atoms in total. The van der Waals surface area contributed by atoms with Crippen LogP contribution in [0.2, 0.25) is 0 Å². The molecule has 1 aliphatic rings. The Hall–Kier alpha value is -2.55. The number of likely N-dealkylation sites (tertiary alicyclic amines) is 1. The molecular formula is C23H28N2O3. The third-order valence-corrected chi connectivity index (χ3v) is 4.77. The molecule has 1 aliphatic heterocycles.